The Morgan fingerprint density at radius 3 is 1.99 bits per heavy atom. The van der Waals surface area contributed by atoms with Gasteiger partial charge in [-0.25, -0.2) is 23.7 Å². The molecule has 0 aliphatic carbocycles. The summed E-state index contributed by atoms with van der Waals surface area (Å²) in [6.07, 6.45) is -10.9. The third-order valence-electron chi connectivity index (χ3n) is 14.2. The maximum Gasteiger partial charge on any atom is 0.489 e. The molecule has 5 aromatic heterocycles. The Kier molecular flexibility index (Phi) is 21.0. The molecule has 4 aromatic carbocycles. The number of hydrogen-bond donors (Lipinski definition) is 3. The number of nitriles is 1. The number of carbonyl (C=O) groups is 2. The van der Waals surface area contributed by atoms with E-state index in [0.717, 1.165) is 15.7 Å². The number of amides is 2. The molecule has 472 valence electrons. The van der Waals surface area contributed by atoms with E-state index in [9.17, 15) is 29.1 Å². The van der Waals surface area contributed by atoms with Crippen LogP contribution in [0.5, 0.6) is 11.5 Å². The number of rotatable bonds is 24. The molecule has 91 heavy (non-hydrogen) atoms. The van der Waals surface area contributed by atoms with Crippen molar-refractivity contribution in [1.82, 2.24) is 49.9 Å². The minimum absolute atomic E-state index is 0.0469. The van der Waals surface area contributed by atoms with Crippen molar-refractivity contribution >= 4 is 72.7 Å². The van der Waals surface area contributed by atoms with Crippen molar-refractivity contribution < 1.29 is 74.6 Å². The fraction of sp³-hybridized carbons (Fsp3) is 0.310. The first-order valence-electron chi connectivity index (χ1n) is 27.9. The third-order valence-corrected chi connectivity index (χ3v) is 17.0. The van der Waals surface area contributed by atoms with Crippen molar-refractivity contribution in [1.29, 1.82) is 5.26 Å². The zero-order valence-electron chi connectivity index (χ0n) is 48.6. The van der Waals surface area contributed by atoms with Gasteiger partial charge >= 0.3 is 15.0 Å². The van der Waals surface area contributed by atoms with Crippen molar-refractivity contribution in [2.45, 2.75) is 75.1 Å². The maximum atomic E-state index is 18.1. The number of nitrogens with zero attached hydrogens (tertiary/aromatic N) is 10. The average molecular weight is 1310 g/mol. The minimum Gasteiger partial charge on any atom is -0.566 e. The van der Waals surface area contributed by atoms with Crippen LogP contribution >= 0.6 is 15.0 Å². The Hall–Kier alpha value is -8.89. The molecular weight excluding hydrogens is 1250 g/mol. The normalized spacial score (nSPS) is 20.5. The van der Waals surface area contributed by atoms with Gasteiger partial charge in [-0.2, -0.15) is 19.6 Å². The second kappa shape index (κ2) is 29.4. The van der Waals surface area contributed by atoms with Crippen LogP contribution in [0.4, 0.5) is 20.5 Å². The molecule has 10 atom stereocenters. The first-order valence-corrected chi connectivity index (χ1v) is 31.5. The fourth-order valence-corrected chi connectivity index (χ4v) is 12.3. The lowest BCUT2D eigenvalue weighted by Gasteiger charge is -2.37. The Morgan fingerprint density at radius 2 is 1.40 bits per heavy atom. The smallest absolute Gasteiger partial charge is 0.489 e. The predicted molar refractivity (Wildman–Crippen MR) is 320 cm³/mol. The van der Waals surface area contributed by atoms with Gasteiger partial charge in [0, 0.05) is 23.6 Å². The van der Waals surface area contributed by atoms with Gasteiger partial charge in [0.15, 0.2) is 71.4 Å². The zero-order chi connectivity index (χ0) is 64.2. The number of ether oxygens (including phenoxy) is 5. The number of halogens is 2. The number of benzene rings is 4. The number of carbonyl (C=O) groups excluding carboxylic acids is 2. The van der Waals surface area contributed by atoms with Gasteiger partial charge in [-0.15, -0.1) is 14.7 Å². The highest BCUT2D eigenvalue weighted by Gasteiger charge is 2.55. The molecule has 0 spiro atoms. The van der Waals surface area contributed by atoms with Crippen molar-refractivity contribution in [3.05, 3.63) is 179 Å². The monoisotopic (exact) mass is 1310 g/mol. The number of anilines is 2. The molecule has 0 radical (unpaired) electrons. The van der Waals surface area contributed by atoms with E-state index in [1.165, 1.54) is 14.2 Å². The molecule has 4 N–H and O–H groups in total. The van der Waals surface area contributed by atoms with E-state index in [1.54, 1.807) is 92.7 Å². The second-order valence-electron chi connectivity index (χ2n) is 20.3. The summed E-state index contributed by atoms with van der Waals surface area (Å²) >= 11 is 5.97. The van der Waals surface area contributed by atoms with Gasteiger partial charge in [-0.3, -0.25) is 29.2 Å². The van der Waals surface area contributed by atoms with Crippen LogP contribution in [0, 0.1) is 17.2 Å². The highest BCUT2D eigenvalue weighted by atomic mass is 32.5. The largest absolute Gasteiger partial charge is 0.566 e. The molecule has 7 heterocycles. The van der Waals surface area contributed by atoms with E-state index in [4.69, 9.17) is 53.6 Å². The molecule has 2 aliphatic rings. The highest BCUT2D eigenvalue weighted by Crippen LogP contribution is 2.55. The first-order chi connectivity index (χ1) is 44.0. The molecule has 9 aromatic rings. The standard InChI is InChI=1S/C53H51F2N13O14P2S.C5H5N/c1-29(2)47(69)61-52-60-46-41(49(71)62-52)64-66-68(46)51-43(81-83(72)73)38(54)36(79-51)27-78-84(85,77-25-11-24-56)82-42-37(80-50(39(42)55)67-45-40(63-65-67)44(57-28-58-45)59-48(70)30-12-7-5-8-13-30)26-76-53(31-14-9-6-10-15-31,32-16-20-34(74-3)21-17-32)33-18-22-35(75-4)23-19-33;1-2-4-6-5-3-1/h5-10,12-23,28-29,36-39,42-43,50-51H,11,25-27H2,1-4H3,(H,57,58,59,70)(H2,60,61,62,69,71);1-5H/p+1/t36-,37-,38-,39+,42-,43+,50-,51-,84?;/m1./s1. The maximum absolute atomic E-state index is 18.1. The first kappa shape index (κ1) is 65.1. The summed E-state index contributed by atoms with van der Waals surface area (Å²) in [5.74, 6) is -0.933. The number of aromatic nitrogens is 11. The van der Waals surface area contributed by atoms with Crippen LogP contribution in [-0.2, 0) is 59.1 Å². The van der Waals surface area contributed by atoms with Gasteiger partial charge in [-0.05, 0) is 69.5 Å². The molecule has 11 rings (SSSR count). The van der Waals surface area contributed by atoms with E-state index in [1.807, 2.05) is 67.0 Å². The van der Waals surface area contributed by atoms with E-state index in [2.05, 4.69) is 56.2 Å². The van der Waals surface area contributed by atoms with E-state index >= 15 is 8.78 Å². The number of pyridine rings is 1. The lowest BCUT2D eigenvalue weighted by Crippen LogP contribution is -2.40. The number of fused-ring (bicyclic) bond motifs is 2. The predicted octanol–water partition coefficient (Wildman–Crippen LogP) is 6.55. The fourth-order valence-electron chi connectivity index (χ4n) is 9.76. The van der Waals surface area contributed by atoms with E-state index < -0.39 is 118 Å². The molecule has 0 saturated carbocycles. The zero-order valence-corrected chi connectivity index (χ0v) is 51.2. The Balaban J connectivity index is 0.00000143. The van der Waals surface area contributed by atoms with Crippen LogP contribution < -0.4 is 35.5 Å². The summed E-state index contributed by atoms with van der Waals surface area (Å²) in [7, 11) is -0.736. The molecular formula is C58H57F2N14O14P2S+. The molecule has 2 unspecified atom stereocenters. The summed E-state index contributed by atoms with van der Waals surface area (Å²) in [5, 5.41) is 30.9. The molecule has 0 bridgehead atoms. The van der Waals surface area contributed by atoms with Crippen molar-refractivity contribution in [2.75, 3.05) is 44.7 Å². The summed E-state index contributed by atoms with van der Waals surface area (Å²) in [6, 6.07) is 39.4. The Labute approximate surface area is 522 Å². The van der Waals surface area contributed by atoms with Gasteiger partial charge in [0.1, 0.15) is 41.7 Å². The number of hydrogen-bond acceptors (Lipinski definition) is 23. The van der Waals surface area contributed by atoms with Crippen LogP contribution in [0.25, 0.3) is 22.3 Å². The Morgan fingerprint density at radius 1 is 0.791 bits per heavy atom. The molecule has 2 fully saturated rings. The number of aromatic amines is 2. The number of methoxy groups -OCH3 is 2. The summed E-state index contributed by atoms with van der Waals surface area (Å²) in [5.41, 5.74) is -1.18. The molecule has 2 aliphatic heterocycles. The third kappa shape index (κ3) is 14.7. The molecule has 2 saturated heterocycles. The van der Waals surface area contributed by atoms with Gasteiger partial charge in [0.2, 0.25) is 11.9 Å². The van der Waals surface area contributed by atoms with E-state index in [0.29, 0.717) is 33.8 Å². The van der Waals surface area contributed by atoms with E-state index in [-0.39, 0.29) is 35.0 Å². The molecule has 2 amide bonds. The lowest BCUT2D eigenvalue weighted by atomic mass is 9.80. The van der Waals surface area contributed by atoms with Crippen LogP contribution in [0.1, 0.15) is 59.8 Å². The SMILES string of the molecule is COc1ccc(C(OC[C@H]2O[C@@H](n3nnc4c(NC(=O)c5ccccc5)ncnc43)[C@@H](F)[C@@H]2OP(=S)(OCCC#N)OC[C@H]2O[C@@H](n3nnc4c(=O)[nH]c(NC(=O)C(C)C)nc43)[C@@H](O[P+](=O)[O-])[C@@H]2F)(c2ccccc2)c2ccc(OC)cc2)cc1.c1cc[nH+]cc1. The lowest BCUT2D eigenvalue weighted by molar-refractivity contribution is -0.378. The quantitative estimate of drug-likeness (QED) is 0.0328. The van der Waals surface area contributed by atoms with Crippen molar-refractivity contribution in [3.8, 4) is 17.6 Å². The summed E-state index contributed by atoms with van der Waals surface area (Å²) in [6.45, 7) is -3.18. The summed E-state index contributed by atoms with van der Waals surface area (Å²) in [4.78, 5) is 69.1. The van der Waals surface area contributed by atoms with Gasteiger partial charge in [-0.1, -0.05) is 103 Å². The molecule has 28 nitrogen and oxygen atoms in total. The number of nitrogens with one attached hydrogen (secondary N) is 4. The Bertz CT molecular complexity index is 4050. The van der Waals surface area contributed by atoms with Crippen LogP contribution in [-0.4, -0.2) is 133 Å². The topological polar surface area (TPSA) is 352 Å². The average Bonchev–Trinajstić information content (AvgIpc) is 1.79. The van der Waals surface area contributed by atoms with Gasteiger partial charge < -0.3 is 42.9 Å². The van der Waals surface area contributed by atoms with Crippen LogP contribution in [0.2, 0.25) is 0 Å². The van der Waals surface area contributed by atoms with Gasteiger partial charge in [0.25, 0.3) is 11.5 Å². The number of alkyl halides is 2. The minimum atomic E-state index is -4.49. The van der Waals surface area contributed by atoms with Crippen LogP contribution in [0.15, 0.2) is 151 Å². The highest BCUT2D eigenvalue weighted by molar-refractivity contribution is 8.07. The second-order valence-corrected chi connectivity index (χ2v) is 23.9. The van der Waals surface area contributed by atoms with Gasteiger partial charge in [0.05, 0.1) is 46.5 Å². The summed E-state index contributed by atoms with van der Waals surface area (Å²) < 4.78 is 103. The van der Waals surface area contributed by atoms with Crippen LogP contribution in [0.3, 0.4) is 0 Å². The van der Waals surface area contributed by atoms with Crippen molar-refractivity contribution in [2.24, 2.45) is 5.92 Å². The number of H-pyrrole nitrogens is 2. The molecule has 33 heteroatoms. The van der Waals surface area contributed by atoms with Crippen molar-refractivity contribution in [3.63, 3.8) is 0 Å².